The number of alkyl halides is 3. The molecule has 1 aromatic heterocycles. The van der Waals surface area contributed by atoms with Gasteiger partial charge in [-0.05, 0) is 49.7 Å². The van der Waals surface area contributed by atoms with Gasteiger partial charge in [0.15, 0.2) is 5.60 Å². The molecule has 3 fully saturated rings. The van der Waals surface area contributed by atoms with Gasteiger partial charge in [0.2, 0.25) is 0 Å². The number of likely N-dealkylation sites (tertiary alicyclic amines) is 1. The predicted octanol–water partition coefficient (Wildman–Crippen LogP) is 4.69. The number of ether oxygens (including phenoxy) is 1. The van der Waals surface area contributed by atoms with E-state index in [0.29, 0.717) is 0 Å². The number of carbonyl (C=O) groups is 1. The number of aliphatic carboxylic acids is 1. The Morgan fingerprint density at radius 3 is 2.30 bits per heavy atom. The third-order valence-electron chi connectivity index (χ3n) is 6.99. The van der Waals surface area contributed by atoms with E-state index in [1.807, 2.05) is 0 Å². The Balaban J connectivity index is 0.000000287. The molecule has 2 aromatic rings. The van der Waals surface area contributed by atoms with Gasteiger partial charge in [-0.1, -0.05) is 12.1 Å². The van der Waals surface area contributed by atoms with Crippen LogP contribution in [0.5, 0.6) is 5.75 Å². The number of imidazole rings is 1. The van der Waals surface area contributed by atoms with Crippen LogP contribution in [0.1, 0.15) is 44.2 Å². The van der Waals surface area contributed by atoms with E-state index in [4.69, 9.17) is 19.6 Å². The van der Waals surface area contributed by atoms with E-state index >= 15 is 0 Å². The lowest BCUT2D eigenvalue weighted by Gasteiger charge is -2.45. The molecule has 2 saturated carbocycles. The highest BCUT2D eigenvalue weighted by Gasteiger charge is 2.47. The van der Waals surface area contributed by atoms with Gasteiger partial charge in [0.1, 0.15) is 5.75 Å². The molecule has 0 unspecified atom stereocenters. The molecule has 2 aliphatic carbocycles. The summed E-state index contributed by atoms with van der Waals surface area (Å²) in [6.07, 6.45) is 4.76. The zero-order chi connectivity index (χ0) is 23.2. The Hall–Kier alpha value is -2.55. The number of nitrogens with zero attached hydrogens (tertiary/aromatic N) is 3. The number of hydrogen-bond acceptors (Lipinski definition) is 4. The van der Waals surface area contributed by atoms with Crippen LogP contribution in [0.15, 0.2) is 30.6 Å². The molecular formula is C24H28F3N3O3. The van der Waals surface area contributed by atoms with E-state index in [1.54, 1.807) is 0 Å². The molecule has 2 aliphatic heterocycles. The van der Waals surface area contributed by atoms with Gasteiger partial charge in [-0.15, -0.1) is 0 Å². The lowest BCUT2D eigenvalue weighted by molar-refractivity contribution is -0.192. The average Bonchev–Trinajstić information content (AvgIpc) is 3.70. The number of para-hydroxylation sites is 1. The lowest BCUT2D eigenvalue weighted by Crippen LogP contribution is -2.48. The number of aromatic nitrogens is 2. The van der Waals surface area contributed by atoms with Gasteiger partial charge in [-0.3, -0.25) is 0 Å². The molecule has 1 aromatic carbocycles. The van der Waals surface area contributed by atoms with Crippen LogP contribution in [0.25, 0.3) is 11.3 Å². The first-order valence-corrected chi connectivity index (χ1v) is 11.6. The van der Waals surface area contributed by atoms with Crippen LogP contribution < -0.4 is 4.74 Å². The Kier molecular flexibility index (Phi) is 5.63. The minimum absolute atomic E-state index is 0.185. The van der Waals surface area contributed by atoms with Crippen molar-refractivity contribution in [3.05, 3.63) is 36.3 Å². The fraction of sp³-hybridized carbons (Fsp3) is 0.583. The highest BCUT2D eigenvalue weighted by atomic mass is 19.4. The summed E-state index contributed by atoms with van der Waals surface area (Å²) in [6.45, 7) is 4.70. The minimum atomic E-state index is -5.08. The maximum absolute atomic E-state index is 10.6. The van der Waals surface area contributed by atoms with Crippen molar-refractivity contribution in [3.63, 3.8) is 0 Å². The van der Waals surface area contributed by atoms with Crippen LogP contribution in [-0.2, 0) is 16.9 Å². The summed E-state index contributed by atoms with van der Waals surface area (Å²) in [6, 6.07) is 8.47. The predicted molar refractivity (Wildman–Crippen MR) is 115 cm³/mol. The number of benzene rings is 1. The number of piperidine rings is 1. The van der Waals surface area contributed by atoms with E-state index in [9.17, 15) is 13.2 Å². The van der Waals surface area contributed by atoms with Gasteiger partial charge in [-0.25, -0.2) is 9.78 Å². The van der Waals surface area contributed by atoms with Crippen LogP contribution in [-0.4, -0.2) is 51.3 Å². The zero-order valence-corrected chi connectivity index (χ0v) is 18.4. The molecule has 33 heavy (non-hydrogen) atoms. The van der Waals surface area contributed by atoms with E-state index in [-0.39, 0.29) is 5.60 Å². The van der Waals surface area contributed by atoms with Crippen LogP contribution in [0.2, 0.25) is 0 Å². The Bertz CT molecular complexity index is 1020. The molecule has 1 N–H and O–H groups in total. The summed E-state index contributed by atoms with van der Waals surface area (Å²) in [4.78, 5) is 16.4. The molecule has 0 atom stereocenters. The number of hydrogen-bond donors (Lipinski definition) is 1. The summed E-state index contributed by atoms with van der Waals surface area (Å²) >= 11 is 0. The monoisotopic (exact) mass is 463 g/mol. The number of halogens is 3. The van der Waals surface area contributed by atoms with Crippen molar-refractivity contribution in [2.24, 2.45) is 11.8 Å². The molecule has 9 heteroatoms. The normalized spacial score (nSPS) is 21.4. The highest BCUT2D eigenvalue weighted by Crippen LogP contribution is 2.50. The molecule has 4 aliphatic rings. The van der Waals surface area contributed by atoms with Crippen molar-refractivity contribution in [2.45, 2.75) is 56.8 Å². The molecular weight excluding hydrogens is 435 g/mol. The smallest absolute Gasteiger partial charge is 0.480 e. The van der Waals surface area contributed by atoms with Crippen molar-refractivity contribution >= 4 is 5.97 Å². The maximum atomic E-state index is 10.6. The van der Waals surface area contributed by atoms with E-state index in [1.165, 1.54) is 49.2 Å². The lowest BCUT2D eigenvalue weighted by atomic mass is 9.83. The minimum Gasteiger partial charge on any atom is -0.480 e. The summed E-state index contributed by atoms with van der Waals surface area (Å²) in [7, 11) is 0. The number of carboxylic acids is 1. The average molecular weight is 464 g/mol. The first kappa shape index (κ1) is 22.3. The van der Waals surface area contributed by atoms with Gasteiger partial charge in [0.25, 0.3) is 0 Å². The second-order valence-corrected chi connectivity index (χ2v) is 9.68. The van der Waals surface area contributed by atoms with Crippen LogP contribution in [0.3, 0.4) is 0 Å². The van der Waals surface area contributed by atoms with Gasteiger partial charge in [0.05, 0.1) is 17.7 Å². The van der Waals surface area contributed by atoms with E-state index in [0.717, 1.165) is 50.1 Å². The molecule has 3 heterocycles. The van der Waals surface area contributed by atoms with Crippen LogP contribution in [0, 0.1) is 11.8 Å². The fourth-order valence-corrected chi connectivity index (χ4v) is 4.89. The molecule has 0 bridgehead atoms. The van der Waals surface area contributed by atoms with Gasteiger partial charge < -0.3 is 19.3 Å². The molecule has 0 radical (unpaired) electrons. The van der Waals surface area contributed by atoms with Crippen molar-refractivity contribution in [1.29, 1.82) is 0 Å². The maximum Gasteiger partial charge on any atom is 0.490 e. The second-order valence-electron chi connectivity index (χ2n) is 9.68. The van der Waals surface area contributed by atoms with E-state index in [2.05, 4.69) is 40.1 Å². The molecule has 178 valence electrons. The van der Waals surface area contributed by atoms with Gasteiger partial charge >= 0.3 is 12.1 Å². The zero-order valence-electron chi connectivity index (χ0n) is 18.4. The summed E-state index contributed by atoms with van der Waals surface area (Å²) in [5, 5.41) is 7.12. The first-order chi connectivity index (χ1) is 15.7. The number of fused-ring (bicyclic) bond motifs is 4. The topological polar surface area (TPSA) is 67.6 Å². The highest BCUT2D eigenvalue weighted by molar-refractivity contribution is 5.73. The third-order valence-corrected chi connectivity index (χ3v) is 6.99. The van der Waals surface area contributed by atoms with Crippen molar-refractivity contribution in [3.8, 4) is 17.0 Å². The van der Waals surface area contributed by atoms with E-state index < -0.39 is 12.1 Å². The SMILES string of the molecule is O=C(O)C(F)(F)F.c1ccc2c(c1)OC1(CCN(CC3CC3)CC1)c1c-2ncn1CC1CC1. The Morgan fingerprint density at radius 1 is 1.09 bits per heavy atom. The molecule has 6 nitrogen and oxygen atoms in total. The third kappa shape index (κ3) is 4.74. The first-order valence-electron chi connectivity index (χ1n) is 11.6. The quantitative estimate of drug-likeness (QED) is 0.713. The van der Waals surface area contributed by atoms with Crippen molar-refractivity contribution in [1.82, 2.24) is 14.5 Å². The second kappa shape index (κ2) is 8.34. The Morgan fingerprint density at radius 2 is 1.70 bits per heavy atom. The molecule has 1 saturated heterocycles. The molecule has 6 rings (SSSR count). The van der Waals surface area contributed by atoms with Gasteiger partial charge in [0, 0.05) is 44.6 Å². The van der Waals surface area contributed by atoms with Crippen molar-refractivity contribution in [2.75, 3.05) is 19.6 Å². The van der Waals surface area contributed by atoms with Crippen LogP contribution in [0.4, 0.5) is 13.2 Å². The van der Waals surface area contributed by atoms with Crippen LogP contribution >= 0.6 is 0 Å². The fourth-order valence-electron chi connectivity index (χ4n) is 4.89. The summed E-state index contributed by atoms with van der Waals surface area (Å²) in [5.41, 5.74) is 3.51. The van der Waals surface area contributed by atoms with Gasteiger partial charge in [-0.2, -0.15) is 13.2 Å². The summed E-state index contributed by atoms with van der Waals surface area (Å²) in [5.74, 6) is 0.0743. The molecule has 1 spiro atoms. The largest absolute Gasteiger partial charge is 0.490 e. The standard InChI is InChI=1S/C22H27N3O.C2HF3O2/c1-2-4-19-18(3-1)20-21(25(15-23-20)14-17-7-8-17)22(26-19)9-11-24(12-10-22)13-16-5-6-16;3-2(4,5)1(6)7/h1-4,15-17H,5-14H2;(H,6,7). The molecule has 0 amide bonds. The number of carboxylic acid groups (broad SMARTS) is 1. The summed E-state index contributed by atoms with van der Waals surface area (Å²) < 4.78 is 40.9. The Labute approximate surface area is 190 Å². The van der Waals surface area contributed by atoms with Crippen molar-refractivity contribution < 1.29 is 27.8 Å². The number of rotatable bonds is 4.